The van der Waals surface area contributed by atoms with E-state index in [2.05, 4.69) is 16.0 Å². The number of hydrogen-bond donors (Lipinski definition) is 1. The fourth-order valence-corrected chi connectivity index (χ4v) is 8.52. The number of carbonyl (C=O) groups is 1. The van der Waals surface area contributed by atoms with Gasteiger partial charge < -0.3 is 25.2 Å². The second-order valence-corrected chi connectivity index (χ2v) is 14.9. The van der Waals surface area contributed by atoms with Gasteiger partial charge in [-0.2, -0.15) is 28.4 Å². The lowest BCUT2D eigenvalue weighted by molar-refractivity contribution is -0.139. The number of aryl methyl sites for hydroxylation is 1. The summed E-state index contributed by atoms with van der Waals surface area (Å²) >= 11 is 0. The number of piperazine rings is 1. The van der Waals surface area contributed by atoms with Crippen LogP contribution in [0.15, 0.2) is 18.2 Å². The minimum absolute atomic E-state index is 0.0195. The van der Waals surface area contributed by atoms with Crippen LogP contribution in [0, 0.1) is 24.2 Å². The molecule has 11 nitrogen and oxygen atoms in total. The number of pyridine rings is 1. The van der Waals surface area contributed by atoms with Crippen LogP contribution >= 0.6 is 0 Å². The van der Waals surface area contributed by atoms with Crippen LogP contribution in [0.3, 0.4) is 0 Å². The second-order valence-electron chi connectivity index (χ2n) is 14.9. The third-order valence-electron chi connectivity index (χ3n) is 10.9. The van der Waals surface area contributed by atoms with Gasteiger partial charge in [-0.15, -0.1) is 0 Å². The number of aromatic nitrogens is 3. The SMILES string of the molecule is Cc1cc(N)nc(C2Cc3nc(OC[C@@]45CCCN4CC(F)C5)nc(N4CCN(C(=O)/C=C/CN(C)C)[C@@H](CC#N)C4)c3CC2C)c1C(F)(F)F. The molecule has 0 radical (unpaired) electrons. The van der Waals surface area contributed by atoms with E-state index in [1.807, 2.05) is 30.8 Å². The number of halogens is 4. The lowest BCUT2D eigenvalue weighted by atomic mass is 9.75. The summed E-state index contributed by atoms with van der Waals surface area (Å²) in [4.78, 5) is 35.0. The van der Waals surface area contributed by atoms with Crippen molar-refractivity contribution >= 4 is 17.5 Å². The Morgan fingerprint density at radius 3 is 2.71 bits per heavy atom. The molecule has 2 N–H and O–H groups in total. The number of anilines is 2. The largest absolute Gasteiger partial charge is 0.461 e. The number of nitrogens with two attached hydrogens (primary N) is 1. The first-order valence-electron chi connectivity index (χ1n) is 17.7. The zero-order chi connectivity index (χ0) is 36.7. The summed E-state index contributed by atoms with van der Waals surface area (Å²) in [5.41, 5.74) is 6.07. The molecule has 5 heterocycles. The van der Waals surface area contributed by atoms with Gasteiger partial charge in [0.05, 0.1) is 41.0 Å². The molecule has 4 aliphatic rings. The maximum Gasteiger partial charge on any atom is 0.418 e. The van der Waals surface area contributed by atoms with E-state index in [1.54, 1.807) is 17.1 Å². The number of nitrogens with zero attached hydrogens (tertiary/aromatic N) is 8. The molecule has 3 fully saturated rings. The molecule has 0 spiro atoms. The Hall–Kier alpha value is -4.03. The highest BCUT2D eigenvalue weighted by molar-refractivity contribution is 5.88. The molecule has 0 aromatic carbocycles. The molecule has 3 aliphatic heterocycles. The second kappa shape index (κ2) is 14.5. The van der Waals surface area contributed by atoms with Gasteiger partial charge in [-0.05, 0) is 70.8 Å². The molecule has 6 rings (SSSR count). The van der Waals surface area contributed by atoms with Gasteiger partial charge >= 0.3 is 12.2 Å². The molecular weight excluding hydrogens is 666 g/mol. The molecule has 15 heteroatoms. The van der Waals surface area contributed by atoms with Crippen LogP contribution in [0.4, 0.5) is 29.2 Å². The molecule has 2 aromatic rings. The summed E-state index contributed by atoms with van der Waals surface area (Å²) in [6.45, 7) is 6.35. The molecule has 276 valence electrons. The first-order valence-corrected chi connectivity index (χ1v) is 17.7. The van der Waals surface area contributed by atoms with E-state index in [4.69, 9.17) is 20.4 Å². The van der Waals surface area contributed by atoms with Crippen LogP contribution < -0.4 is 15.4 Å². The van der Waals surface area contributed by atoms with Crippen molar-refractivity contribution in [1.82, 2.24) is 29.7 Å². The van der Waals surface area contributed by atoms with Crippen molar-refractivity contribution < 1.29 is 27.1 Å². The molecule has 0 bridgehead atoms. The Balaban J connectivity index is 1.35. The smallest absolute Gasteiger partial charge is 0.418 e. The Bertz CT molecular complexity index is 1700. The Labute approximate surface area is 296 Å². The van der Waals surface area contributed by atoms with Gasteiger partial charge in [0.15, 0.2) is 0 Å². The molecule has 1 amide bonds. The highest BCUT2D eigenvalue weighted by atomic mass is 19.4. The highest BCUT2D eigenvalue weighted by Crippen LogP contribution is 2.46. The van der Waals surface area contributed by atoms with Crippen molar-refractivity contribution in [3.8, 4) is 12.1 Å². The molecule has 5 atom stereocenters. The predicted octanol–water partition coefficient (Wildman–Crippen LogP) is 4.30. The quantitative estimate of drug-likeness (QED) is 0.297. The summed E-state index contributed by atoms with van der Waals surface area (Å²) in [5.74, 6) is -0.464. The van der Waals surface area contributed by atoms with Gasteiger partial charge in [0.1, 0.15) is 24.4 Å². The predicted molar refractivity (Wildman–Crippen MR) is 184 cm³/mol. The summed E-state index contributed by atoms with van der Waals surface area (Å²) in [6.07, 6.45) is 0.501. The zero-order valence-electron chi connectivity index (χ0n) is 29.7. The van der Waals surface area contributed by atoms with Gasteiger partial charge in [-0.25, -0.2) is 9.37 Å². The minimum atomic E-state index is -4.62. The Morgan fingerprint density at radius 2 is 1.98 bits per heavy atom. The van der Waals surface area contributed by atoms with E-state index in [1.165, 1.54) is 13.0 Å². The number of rotatable bonds is 9. The van der Waals surface area contributed by atoms with Crippen molar-refractivity contribution in [3.63, 3.8) is 0 Å². The first-order chi connectivity index (χ1) is 24.2. The molecular formula is C36H47F4N9O2. The fourth-order valence-electron chi connectivity index (χ4n) is 8.52. The van der Waals surface area contributed by atoms with Gasteiger partial charge in [-0.3, -0.25) is 9.69 Å². The number of likely N-dealkylation sites (N-methyl/N-ethyl adjacent to an activating group) is 1. The van der Waals surface area contributed by atoms with Crippen LogP contribution in [0.5, 0.6) is 6.01 Å². The van der Waals surface area contributed by atoms with E-state index in [0.29, 0.717) is 57.1 Å². The number of ether oxygens (including phenoxy) is 1. The van der Waals surface area contributed by atoms with Crippen LogP contribution in [0.2, 0.25) is 0 Å². The number of hydrogen-bond acceptors (Lipinski definition) is 10. The van der Waals surface area contributed by atoms with Crippen LogP contribution in [-0.2, 0) is 23.8 Å². The number of amides is 1. The van der Waals surface area contributed by atoms with E-state index < -0.39 is 35.4 Å². The monoisotopic (exact) mass is 713 g/mol. The van der Waals surface area contributed by atoms with Crippen molar-refractivity contribution in [2.45, 2.75) is 82.2 Å². The number of nitrogen functional groups attached to an aromatic ring is 1. The van der Waals surface area contributed by atoms with Crippen LogP contribution in [0.25, 0.3) is 0 Å². The van der Waals surface area contributed by atoms with Crippen LogP contribution in [0.1, 0.15) is 66.6 Å². The normalized spacial score (nSPS) is 26.8. The first kappa shape index (κ1) is 36.8. The van der Waals surface area contributed by atoms with Gasteiger partial charge in [0, 0.05) is 56.7 Å². The molecule has 2 aromatic heterocycles. The molecule has 1 aliphatic carbocycles. The number of nitriles is 1. The molecule has 51 heavy (non-hydrogen) atoms. The van der Waals surface area contributed by atoms with E-state index in [-0.39, 0.29) is 54.4 Å². The third kappa shape index (κ3) is 7.62. The van der Waals surface area contributed by atoms with Gasteiger partial charge in [0.25, 0.3) is 0 Å². The Morgan fingerprint density at radius 1 is 1.20 bits per heavy atom. The zero-order valence-corrected chi connectivity index (χ0v) is 29.7. The Kier molecular flexibility index (Phi) is 10.5. The van der Waals surface area contributed by atoms with Crippen molar-refractivity contribution in [1.29, 1.82) is 5.26 Å². The van der Waals surface area contributed by atoms with E-state index >= 15 is 0 Å². The van der Waals surface area contributed by atoms with E-state index in [9.17, 15) is 27.6 Å². The standard InChI is InChI=1S/C36H47F4N9O2/c1-22-15-27-28(17-26(22)32-31(36(38,39)40)23(2)16-29(42)44-32)43-34(51-21-35-9-6-12-48(35)19-24(37)18-35)45-33(27)47-13-14-49(25(20-47)8-10-41)30(50)7-5-11-46(3)4/h5,7,16,22,24-26H,6,8-9,11-15,17-21H2,1-4H3,(H2,42,44)/b7-5+/t22?,24?,25-,26?,35-/m0/s1. The average molecular weight is 714 g/mol. The fraction of sp³-hybridized carbons (Fsp3) is 0.639. The van der Waals surface area contributed by atoms with Crippen molar-refractivity contribution in [2.75, 3.05) is 70.6 Å². The summed E-state index contributed by atoms with van der Waals surface area (Å²) < 4.78 is 64.2. The van der Waals surface area contributed by atoms with Crippen molar-refractivity contribution in [3.05, 3.63) is 46.3 Å². The molecule has 3 saturated heterocycles. The molecule has 0 saturated carbocycles. The van der Waals surface area contributed by atoms with E-state index in [0.717, 1.165) is 24.9 Å². The average Bonchev–Trinajstić information content (AvgIpc) is 3.57. The van der Waals surface area contributed by atoms with Gasteiger partial charge in [0.2, 0.25) is 5.91 Å². The van der Waals surface area contributed by atoms with Gasteiger partial charge in [-0.1, -0.05) is 13.0 Å². The lowest BCUT2D eigenvalue weighted by Gasteiger charge is -2.42. The highest BCUT2D eigenvalue weighted by Gasteiger charge is 2.50. The molecule has 3 unspecified atom stereocenters. The van der Waals surface area contributed by atoms with Crippen LogP contribution in [-0.4, -0.2) is 113 Å². The third-order valence-corrected chi connectivity index (χ3v) is 10.9. The summed E-state index contributed by atoms with van der Waals surface area (Å²) in [6, 6.07) is 3.13. The number of alkyl halides is 4. The maximum absolute atomic E-state index is 14.6. The maximum atomic E-state index is 14.6. The van der Waals surface area contributed by atoms with Crippen molar-refractivity contribution in [2.24, 2.45) is 5.92 Å². The number of fused-ring (bicyclic) bond motifs is 2. The summed E-state index contributed by atoms with van der Waals surface area (Å²) in [5, 5.41) is 9.71. The number of carbonyl (C=O) groups excluding carboxylic acids is 1. The topological polar surface area (TPSA) is 128 Å². The lowest BCUT2D eigenvalue weighted by Crippen LogP contribution is -2.55. The summed E-state index contributed by atoms with van der Waals surface area (Å²) in [7, 11) is 3.82. The minimum Gasteiger partial charge on any atom is -0.461 e.